The SMILES string of the molecule is CC1(C)CC(=O)N(C[C@@H](O)CN)C1=O. The van der Waals surface area contributed by atoms with E-state index < -0.39 is 11.5 Å². The Hall–Kier alpha value is -0.940. The lowest BCUT2D eigenvalue weighted by molar-refractivity contribution is -0.142. The molecule has 14 heavy (non-hydrogen) atoms. The van der Waals surface area contributed by atoms with Crippen molar-refractivity contribution in [2.24, 2.45) is 11.1 Å². The average molecular weight is 200 g/mol. The summed E-state index contributed by atoms with van der Waals surface area (Å²) in [6, 6.07) is 0. The number of carbonyl (C=O) groups excluding carboxylic acids is 2. The van der Waals surface area contributed by atoms with Gasteiger partial charge in [-0.15, -0.1) is 0 Å². The first kappa shape index (κ1) is 11.1. The number of hydrogen-bond donors (Lipinski definition) is 2. The Balaban J connectivity index is 2.71. The molecule has 3 N–H and O–H groups in total. The molecule has 5 nitrogen and oxygen atoms in total. The summed E-state index contributed by atoms with van der Waals surface area (Å²) in [5, 5.41) is 9.25. The summed E-state index contributed by atoms with van der Waals surface area (Å²) in [4.78, 5) is 24.1. The third-order valence-electron chi connectivity index (χ3n) is 2.38. The van der Waals surface area contributed by atoms with Crippen LogP contribution in [0, 0.1) is 5.41 Å². The van der Waals surface area contributed by atoms with Crippen LogP contribution in [0.4, 0.5) is 0 Å². The standard InChI is InChI=1S/C9H16N2O3/c1-9(2)3-7(13)11(8(9)14)5-6(12)4-10/h6,12H,3-5,10H2,1-2H3/t6-/m0/s1. The number of likely N-dealkylation sites (tertiary alicyclic amines) is 1. The minimum Gasteiger partial charge on any atom is -0.390 e. The molecule has 0 aromatic carbocycles. The summed E-state index contributed by atoms with van der Waals surface area (Å²) < 4.78 is 0. The minimum atomic E-state index is -0.822. The van der Waals surface area contributed by atoms with Crippen LogP contribution in [0.2, 0.25) is 0 Å². The Bertz CT molecular complexity index is 263. The Morgan fingerprint density at radius 3 is 2.50 bits per heavy atom. The molecule has 1 rings (SSSR count). The van der Waals surface area contributed by atoms with E-state index in [0.29, 0.717) is 0 Å². The largest absolute Gasteiger partial charge is 0.390 e. The van der Waals surface area contributed by atoms with Crippen LogP contribution >= 0.6 is 0 Å². The first-order chi connectivity index (χ1) is 6.38. The maximum Gasteiger partial charge on any atom is 0.235 e. The van der Waals surface area contributed by atoms with Gasteiger partial charge in [0.15, 0.2) is 0 Å². The minimum absolute atomic E-state index is 0.0115. The number of β-amino-alcohol motifs (C(OH)–C–C–N with tert-alkyl or cyclic N) is 1. The summed E-state index contributed by atoms with van der Waals surface area (Å²) in [7, 11) is 0. The van der Waals surface area contributed by atoms with Crippen molar-refractivity contribution >= 4 is 11.8 Å². The fourth-order valence-electron chi connectivity index (χ4n) is 1.50. The van der Waals surface area contributed by atoms with Crippen molar-refractivity contribution in [2.45, 2.75) is 26.4 Å². The number of aliphatic hydroxyl groups excluding tert-OH is 1. The smallest absolute Gasteiger partial charge is 0.235 e. The molecular formula is C9H16N2O3. The maximum atomic E-state index is 11.6. The molecular weight excluding hydrogens is 184 g/mol. The van der Waals surface area contributed by atoms with Crippen LogP contribution in [0.1, 0.15) is 20.3 Å². The molecule has 2 amide bonds. The molecule has 0 aromatic rings. The van der Waals surface area contributed by atoms with E-state index in [1.807, 2.05) is 0 Å². The van der Waals surface area contributed by atoms with Crippen molar-refractivity contribution < 1.29 is 14.7 Å². The molecule has 0 aromatic heterocycles. The molecule has 0 spiro atoms. The fraction of sp³-hybridized carbons (Fsp3) is 0.778. The topological polar surface area (TPSA) is 83.6 Å². The van der Waals surface area contributed by atoms with Crippen LogP contribution in [-0.4, -0.2) is 41.0 Å². The van der Waals surface area contributed by atoms with E-state index in [-0.39, 0.29) is 31.3 Å². The summed E-state index contributed by atoms with van der Waals surface area (Å²) in [5.41, 5.74) is 4.58. The van der Waals surface area contributed by atoms with Crippen molar-refractivity contribution in [1.29, 1.82) is 0 Å². The predicted molar refractivity (Wildman–Crippen MR) is 50.2 cm³/mol. The first-order valence-corrected chi connectivity index (χ1v) is 4.61. The average Bonchev–Trinajstić information content (AvgIpc) is 2.28. The van der Waals surface area contributed by atoms with E-state index in [4.69, 9.17) is 5.73 Å². The molecule has 1 aliphatic heterocycles. The van der Waals surface area contributed by atoms with E-state index in [1.165, 1.54) is 0 Å². The van der Waals surface area contributed by atoms with Gasteiger partial charge in [-0.3, -0.25) is 14.5 Å². The molecule has 1 atom stereocenters. The van der Waals surface area contributed by atoms with Gasteiger partial charge in [0.25, 0.3) is 0 Å². The molecule has 1 heterocycles. The number of carbonyl (C=O) groups is 2. The van der Waals surface area contributed by atoms with Crippen molar-refractivity contribution in [3.63, 3.8) is 0 Å². The molecule has 0 radical (unpaired) electrons. The monoisotopic (exact) mass is 200 g/mol. The molecule has 0 unspecified atom stereocenters. The fourth-order valence-corrected chi connectivity index (χ4v) is 1.50. The Morgan fingerprint density at radius 2 is 2.14 bits per heavy atom. The molecule has 1 saturated heterocycles. The van der Waals surface area contributed by atoms with Crippen LogP contribution < -0.4 is 5.73 Å². The van der Waals surface area contributed by atoms with E-state index in [2.05, 4.69) is 0 Å². The number of amides is 2. The van der Waals surface area contributed by atoms with Crippen LogP contribution in [-0.2, 0) is 9.59 Å². The van der Waals surface area contributed by atoms with Gasteiger partial charge in [-0.2, -0.15) is 0 Å². The van der Waals surface area contributed by atoms with Gasteiger partial charge in [0.05, 0.1) is 18.1 Å². The molecule has 80 valence electrons. The summed E-state index contributed by atoms with van der Waals surface area (Å²) in [5.74, 6) is -0.456. The van der Waals surface area contributed by atoms with Crippen LogP contribution in [0.3, 0.4) is 0 Å². The number of nitrogens with zero attached hydrogens (tertiary/aromatic N) is 1. The van der Waals surface area contributed by atoms with Crippen molar-refractivity contribution in [3.8, 4) is 0 Å². The van der Waals surface area contributed by atoms with Crippen molar-refractivity contribution in [1.82, 2.24) is 4.90 Å². The van der Waals surface area contributed by atoms with Crippen LogP contribution in [0.5, 0.6) is 0 Å². The van der Waals surface area contributed by atoms with Crippen LogP contribution in [0.15, 0.2) is 0 Å². The second-order valence-corrected chi connectivity index (χ2v) is 4.26. The number of nitrogens with two attached hydrogens (primary N) is 1. The molecule has 0 saturated carbocycles. The Labute approximate surface area is 82.9 Å². The van der Waals surface area contributed by atoms with E-state index in [0.717, 1.165) is 4.90 Å². The van der Waals surface area contributed by atoms with Crippen LogP contribution in [0.25, 0.3) is 0 Å². The summed E-state index contributed by atoms with van der Waals surface area (Å²) in [6.45, 7) is 3.51. The first-order valence-electron chi connectivity index (χ1n) is 4.61. The highest BCUT2D eigenvalue weighted by molar-refractivity contribution is 6.05. The zero-order chi connectivity index (χ0) is 10.9. The van der Waals surface area contributed by atoms with Gasteiger partial charge in [0, 0.05) is 13.0 Å². The quantitative estimate of drug-likeness (QED) is 0.578. The van der Waals surface area contributed by atoms with Crippen molar-refractivity contribution in [3.05, 3.63) is 0 Å². The number of hydrogen-bond acceptors (Lipinski definition) is 4. The van der Waals surface area contributed by atoms with Crippen molar-refractivity contribution in [2.75, 3.05) is 13.1 Å². The number of imide groups is 1. The second kappa shape index (κ2) is 3.67. The van der Waals surface area contributed by atoms with Gasteiger partial charge in [-0.25, -0.2) is 0 Å². The Morgan fingerprint density at radius 1 is 1.57 bits per heavy atom. The second-order valence-electron chi connectivity index (χ2n) is 4.26. The highest BCUT2D eigenvalue weighted by Crippen LogP contribution is 2.31. The zero-order valence-electron chi connectivity index (χ0n) is 8.49. The van der Waals surface area contributed by atoms with Gasteiger partial charge in [0.1, 0.15) is 0 Å². The molecule has 0 bridgehead atoms. The van der Waals surface area contributed by atoms with Gasteiger partial charge in [-0.05, 0) is 0 Å². The van der Waals surface area contributed by atoms with Gasteiger partial charge >= 0.3 is 0 Å². The highest BCUT2D eigenvalue weighted by Gasteiger charge is 2.44. The highest BCUT2D eigenvalue weighted by atomic mass is 16.3. The van der Waals surface area contributed by atoms with E-state index in [9.17, 15) is 14.7 Å². The molecule has 1 aliphatic rings. The number of aliphatic hydroxyl groups is 1. The van der Waals surface area contributed by atoms with E-state index >= 15 is 0 Å². The summed E-state index contributed by atoms with van der Waals surface area (Å²) >= 11 is 0. The zero-order valence-corrected chi connectivity index (χ0v) is 8.49. The predicted octanol–water partition coefficient (Wildman–Crippen LogP) is -0.909. The third-order valence-corrected chi connectivity index (χ3v) is 2.38. The lowest BCUT2D eigenvalue weighted by atomic mass is 9.92. The third kappa shape index (κ3) is 1.93. The van der Waals surface area contributed by atoms with Gasteiger partial charge in [0.2, 0.25) is 11.8 Å². The molecule has 5 heteroatoms. The molecule has 0 aliphatic carbocycles. The lowest BCUT2D eigenvalue weighted by Crippen LogP contribution is -2.41. The normalized spacial score (nSPS) is 23.0. The van der Waals surface area contributed by atoms with E-state index in [1.54, 1.807) is 13.8 Å². The number of rotatable bonds is 3. The summed E-state index contributed by atoms with van der Waals surface area (Å²) in [6.07, 6.45) is -0.611. The maximum absolute atomic E-state index is 11.6. The van der Waals surface area contributed by atoms with Gasteiger partial charge in [-0.1, -0.05) is 13.8 Å². The Kier molecular flexibility index (Phi) is 2.92. The lowest BCUT2D eigenvalue weighted by Gasteiger charge is -2.19. The van der Waals surface area contributed by atoms with Gasteiger partial charge < -0.3 is 10.8 Å². The molecule has 1 fully saturated rings.